The summed E-state index contributed by atoms with van der Waals surface area (Å²) in [5.74, 6) is 0. The zero-order chi connectivity index (χ0) is 9.97. The van der Waals surface area contributed by atoms with E-state index in [1.165, 1.54) is 19.1 Å². The molecule has 0 saturated heterocycles. The average Bonchev–Trinajstić information content (AvgIpc) is 2.56. The minimum absolute atomic E-state index is 1.19. The molecular formula is C11H9BrS2. The van der Waals surface area contributed by atoms with Gasteiger partial charge in [-0.05, 0) is 41.1 Å². The highest BCUT2D eigenvalue weighted by Gasteiger charge is 1.99. The van der Waals surface area contributed by atoms with E-state index in [4.69, 9.17) is 0 Å². The Hall–Kier alpha value is -0.250. The molecule has 0 aliphatic carbocycles. The van der Waals surface area contributed by atoms with Crippen molar-refractivity contribution in [2.75, 3.05) is 0 Å². The van der Waals surface area contributed by atoms with E-state index in [1.54, 1.807) is 23.1 Å². The molecule has 0 radical (unpaired) electrons. The summed E-state index contributed by atoms with van der Waals surface area (Å²) in [5, 5.41) is 2.16. The average molecular weight is 285 g/mol. The molecule has 14 heavy (non-hydrogen) atoms. The van der Waals surface area contributed by atoms with E-state index in [1.807, 2.05) is 0 Å². The van der Waals surface area contributed by atoms with E-state index < -0.39 is 0 Å². The SMILES string of the molecule is Cc1ccc(Sc2csc(Br)c2)cc1. The molecule has 0 amide bonds. The highest BCUT2D eigenvalue weighted by Crippen LogP contribution is 2.33. The fraction of sp³-hybridized carbons (Fsp3) is 0.0909. The lowest BCUT2D eigenvalue weighted by atomic mass is 10.2. The molecule has 0 N–H and O–H groups in total. The quantitative estimate of drug-likeness (QED) is 0.750. The van der Waals surface area contributed by atoms with Crippen LogP contribution >= 0.6 is 39.0 Å². The van der Waals surface area contributed by atoms with Gasteiger partial charge in [0.25, 0.3) is 0 Å². The lowest BCUT2D eigenvalue weighted by molar-refractivity contribution is 1.37. The number of aryl methyl sites for hydroxylation is 1. The van der Waals surface area contributed by atoms with Gasteiger partial charge >= 0.3 is 0 Å². The van der Waals surface area contributed by atoms with Crippen LogP contribution in [-0.2, 0) is 0 Å². The van der Waals surface area contributed by atoms with Crippen LogP contribution < -0.4 is 0 Å². The predicted molar refractivity (Wildman–Crippen MR) is 67.3 cm³/mol. The predicted octanol–water partition coefficient (Wildman–Crippen LogP) is 4.97. The Morgan fingerprint density at radius 2 is 1.86 bits per heavy atom. The van der Waals surface area contributed by atoms with E-state index in [9.17, 15) is 0 Å². The Bertz CT molecular complexity index is 417. The lowest BCUT2D eigenvalue weighted by Gasteiger charge is -1.98. The smallest absolute Gasteiger partial charge is 0.0710 e. The topological polar surface area (TPSA) is 0 Å². The summed E-state index contributed by atoms with van der Waals surface area (Å²) < 4.78 is 1.19. The van der Waals surface area contributed by atoms with E-state index in [0.717, 1.165) is 0 Å². The number of thiophene rings is 1. The second-order valence-electron chi connectivity index (χ2n) is 3.00. The fourth-order valence-electron chi connectivity index (χ4n) is 1.09. The van der Waals surface area contributed by atoms with Crippen LogP contribution in [0.1, 0.15) is 5.56 Å². The zero-order valence-electron chi connectivity index (χ0n) is 7.66. The first-order valence-corrected chi connectivity index (χ1v) is 6.71. The Morgan fingerprint density at radius 1 is 1.14 bits per heavy atom. The van der Waals surface area contributed by atoms with Crippen molar-refractivity contribution < 1.29 is 0 Å². The zero-order valence-corrected chi connectivity index (χ0v) is 10.9. The normalized spacial score (nSPS) is 10.4. The number of hydrogen-bond donors (Lipinski definition) is 0. The molecule has 3 heteroatoms. The van der Waals surface area contributed by atoms with Gasteiger partial charge in [0.05, 0.1) is 3.79 Å². The molecule has 0 aliphatic rings. The van der Waals surface area contributed by atoms with Crippen molar-refractivity contribution in [1.82, 2.24) is 0 Å². The Balaban J connectivity index is 2.15. The maximum absolute atomic E-state index is 3.46. The molecule has 1 aromatic heterocycles. The summed E-state index contributed by atoms with van der Waals surface area (Å²) in [6.45, 7) is 2.11. The van der Waals surface area contributed by atoms with Crippen molar-refractivity contribution >= 4 is 39.0 Å². The van der Waals surface area contributed by atoms with Crippen molar-refractivity contribution in [3.8, 4) is 0 Å². The molecule has 1 aromatic carbocycles. The van der Waals surface area contributed by atoms with Gasteiger partial charge in [-0.1, -0.05) is 29.5 Å². The Labute approximate surface area is 100 Å². The van der Waals surface area contributed by atoms with Crippen molar-refractivity contribution in [3.05, 3.63) is 45.1 Å². The third kappa shape index (κ3) is 2.62. The van der Waals surface area contributed by atoms with Crippen molar-refractivity contribution in [1.29, 1.82) is 0 Å². The number of halogens is 1. The summed E-state index contributed by atoms with van der Waals surface area (Å²) >= 11 is 6.98. The van der Waals surface area contributed by atoms with Gasteiger partial charge in [0.15, 0.2) is 0 Å². The van der Waals surface area contributed by atoms with E-state index >= 15 is 0 Å². The summed E-state index contributed by atoms with van der Waals surface area (Å²) in [4.78, 5) is 2.59. The fourth-order valence-corrected chi connectivity index (χ4v) is 3.39. The molecule has 0 saturated carbocycles. The van der Waals surface area contributed by atoms with Gasteiger partial charge in [0.2, 0.25) is 0 Å². The van der Waals surface area contributed by atoms with Crippen molar-refractivity contribution in [2.45, 2.75) is 16.7 Å². The molecule has 72 valence electrons. The summed E-state index contributed by atoms with van der Waals surface area (Å²) in [6.07, 6.45) is 0. The highest BCUT2D eigenvalue weighted by atomic mass is 79.9. The highest BCUT2D eigenvalue weighted by molar-refractivity contribution is 9.11. The Kier molecular flexibility index (Phi) is 3.31. The van der Waals surface area contributed by atoms with Crippen LogP contribution in [0.3, 0.4) is 0 Å². The van der Waals surface area contributed by atoms with Crippen molar-refractivity contribution in [2.24, 2.45) is 0 Å². The molecule has 0 nitrogen and oxygen atoms in total. The summed E-state index contributed by atoms with van der Waals surface area (Å²) in [6, 6.07) is 10.7. The molecule has 2 aromatic rings. The van der Waals surface area contributed by atoms with Gasteiger partial charge in [-0.25, -0.2) is 0 Å². The van der Waals surface area contributed by atoms with Crippen LogP contribution in [0.2, 0.25) is 0 Å². The lowest BCUT2D eigenvalue weighted by Crippen LogP contribution is -1.72. The van der Waals surface area contributed by atoms with E-state index in [2.05, 4.69) is 58.6 Å². The van der Waals surface area contributed by atoms with Gasteiger partial charge < -0.3 is 0 Å². The van der Waals surface area contributed by atoms with Crippen LogP contribution in [0, 0.1) is 6.92 Å². The maximum Gasteiger partial charge on any atom is 0.0710 e. The first kappa shape index (κ1) is 10.3. The maximum atomic E-state index is 3.46. The van der Waals surface area contributed by atoms with E-state index in [-0.39, 0.29) is 0 Å². The van der Waals surface area contributed by atoms with Crippen LogP contribution in [0.25, 0.3) is 0 Å². The minimum atomic E-state index is 1.19. The van der Waals surface area contributed by atoms with Crippen LogP contribution in [-0.4, -0.2) is 0 Å². The molecule has 0 atom stereocenters. The first-order chi connectivity index (χ1) is 6.74. The molecule has 0 aliphatic heterocycles. The Morgan fingerprint density at radius 3 is 2.43 bits per heavy atom. The third-order valence-electron chi connectivity index (χ3n) is 1.80. The molecular weight excluding hydrogens is 276 g/mol. The van der Waals surface area contributed by atoms with Gasteiger partial charge in [0.1, 0.15) is 0 Å². The molecule has 0 unspecified atom stereocenters. The number of benzene rings is 1. The second kappa shape index (κ2) is 4.51. The van der Waals surface area contributed by atoms with Crippen molar-refractivity contribution in [3.63, 3.8) is 0 Å². The van der Waals surface area contributed by atoms with Gasteiger partial charge in [-0.3, -0.25) is 0 Å². The van der Waals surface area contributed by atoms with Gasteiger partial charge in [-0.15, -0.1) is 11.3 Å². The van der Waals surface area contributed by atoms with E-state index in [0.29, 0.717) is 0 Å². The summed E-state index contributed by atoms with van der Waals surface area (Å²) in [7, 11) is 0. The molecule has 0 bridgehead atoms. The molecule has 0 spiro atoms. The first-order valence-electron chi connectivity index (χ1n) is 4.22. The number of rotatable bonds is 2. The molecule has 2 rings (SSSR count). The third-order valence-corrected chi connectivity index (χ3v) is 4.43. The van der Waals surface area contributed by atoms with Gasteiger partial charge in [-0.2, -0.15) is 0 Å². The standard InChI is InChI=1S/C11H9BrS2/c1-8-2-4-9(5-3-8)14-10-6-11(12)13-7-10/h2-7H,1H3. The summed E-state index contributed by atoms with van der Waals surface area (Å²) in [5.41, 5.74) is 1.31. The monoisotopic (exact) mass is 284 g/mol. The largest absolute Gasteiger partial charge is 0.136 e. The van der Waals surface area contributed by atoms with Crippen LogP contribution in [0.15, 0.2) is 49.3 Å². The number of hydrogen-bond acceptors (Lipinski definition) is 2. The van der Waals surface area contributed by atoms with Crippen LogP contribution in [0.5, 0.6) is 0 Å². The minimum Gasteiger partial charge on any atom is -0.136 e. The molecule has 0 fully saturated rings. The second-order valence-corrected chi connectivity index (χ2v) is 6.44. The van der Waals surface area contributed by atoms with Crippen LogP contribution in [0.4, 0.5) is 0 Å². The van der Waals surface area contributed by atoms with Gasteiger partial charge in [0, 0.05) is 15.2 Å². The molecule has 1 heterocycles.